The first kappa shape index (κ1) is 12.4. The predicted molar refractivity (Wildman–Crippen MR) is 101 cm³/mol. The molecular formula is C20H11N3S. The Morgan fingerprint density at radius 3 is 2.75 bits per heavy atom. The van der Waals surface area contributed by atoms with Crippen LogP contribution in [0.2, 0.25) is 0 Å². The third-order valence-corrected chi connectivity index (χ3v) is 5.88. The van der Waals surface area contributed by atoms with Crippen LogP contribution in [0.15, 0.2) is 67.3 Å². The summed E-state index contributed by atoms with van der Waals surface area (Å²) in [5.74, 6) is 0. The van der Waals surface area contributed by atoms with Gasteiger partial charge >= 0.3 is 0 Å². The van der Waals surface area contributed by atoms with E-state index < -0.39 is 0 Å². The Kier molecular flexibility index (Phi) is 2.23. The van der Waals surface area contributed by atoms with Crippen molar-refractivity contribution in [1.29, 1.82) is 0 Å². The second-order valence-electron chi connectivity index (χ2n) is 6.01. The number of fused-ring (bicyclic) bond motifs is 9. The Hall–Kier alpha value is -2.98. The second kappa shape index (κ2) is 4.30. The van der Waals surface area contributed by atoms with Crippen LogP contribution in [0.25, 0.3) is 47.5 Å². The van der Waals surface area contributed by atoms with E-state index in [9.17, 15) is 0 Å². The van der Waals surface area contributed by atoms with Crippen LogP contribution in [0.5, 0.6) is 0 Å². The van der Waals surface area contributed by atoms with Crippen molar-refractivity contribution < 1.29 is 0 Å². The first-order valence-electron chi connectivity index (χ1n) is 7.84. The van der Waals surface area contributed by atoms with E-state index in [-0.39, 0.29) is 0 Å². The molecule has 0 radical (unpaired) electrons. The fourth-order valence-corrected chi connectivity index (χ4v) is 4.81. The molecule has 2 aromatic carbocycles. The molecule has 24 heavy (non-hydrogen) atoms. The van der Waals surface area contributed by atoms with E-state index in [0.29, 0.717) is 0 Å². The van der Waals surface area contributed by atoms with Crippen molar-refractivity contribution in [2.75, 3.05) is 0 Å². The maximum Gasteiger partial charge on any atom is 0.146 e. The van der Waals surface area contributed by atoms with Crippen molar-refractivity contribution in [3.05, 3.63) is 67.3 Å². The van der Waals surface area contributed by atoms with E-state index in [1.165, 1.54) is 36.5 Å². The van der Waals surface area contributed by atoms with Gasteiger partial charge < -0.3 is 0 Å². The number of benzene rings is 2. The summed E-state index contributed by atoms with van der Waals surface area (Å²) in [6.45, 7) is 0. The van der Waals surface area contributed by atoms with Gasteiger partial charge in [-0.15, -0.1) is 11.3 Å². The molecule has 6 aromatic rings. The lowest BCUT2D eigenvalue weighted by molar-refractivity contribution is 1.27. The minimum Gasteiger partial charge on any atom is -0.299 e. The molecule has 0 atom stereocenters. The van der Waals surface area contributed by atoms with Gasteiger partial charge in [0, 0.05) is 55.7 Å². The Balaban J connectivity index is 1.97. The monoisotopic (exact) mass is 325 g/mol. The molecule has 0 N–H and O–H groups in total. The molecule has 0 fully saturated rings. The van der Waals surface area contributed by atoms with Gasteiger partial charge in [-0.3, -0.25) is 9.38 Å². The van der Waals surface area contributed by atoms with Gasteiger partial charge in [0.2, 0.25) is 0 Å². The number of pyridine rings is 2. The minimum absolute atomic E-state index is 0.962. The molecule has 4 heteroatoms. The molecule has 0 unspecified atom stereocenters. The molecule has 3 nitrogen and oxygen atoms in total. The maximum absolute atomic E-state index is 4.55. The molecule has 0 amide bonds. The van der Waals surface area contributed by atoms with E-state index in [1.807, 2.05) is 36.1 Å². The third-order valence-electron chi connectivity index (χ3n) is 4.75. The van der Waals surface area contributed by atoms with Gasteiger partial charge in [-0.1, -0.05) is 18.2 Å². The van der Waals surface area contributed by atoms with E-state index in [4.69, 9.17) is 0 Å². The summed E-state index contributed by atoms with van der Waals surface area (Å²) in [6, 6.07) is 15.3. The molecule has 0 aliphatic rings. The van der Waals surface area contributed by atoms with Gasteiger partial charge in [-0.25, -0.2) is 4.98 Å². The molecular weight excluding hydrogens is 314 g/mol. The average molecular weight is 325 g/mol. The normalized spacial score (nSPS) is 12.2. The largest absolute Gasteiger partial charge is 0.299 e. The topological polar surface area (TPSA) is 30.2 Å². The molecule has 0 saturated carbocycles. The molecule has 6 rings (SSSR count). The molecule has 0 saturated heterocycles. The summed E-state index contributed by atoms with van der Waals surface area (Å²) in [7, 11) is 0. The SMILES string of the molecule is c1ccc2c(c1)sc1cc3c4ccncc4c4nccn4c3cc12. The smallest absolute Gasteiger partial charge is 0.146 e. The highest BCUT2D eigenvalue weighted by Crippen LogP contribution is 2.38. The zero-order valence-corrected chi connectivity index (χ0v) is 13.4. The van der Waals surface area contributed by atoms with Crippen molar-refractivity contribution >= 4 is 58.8 Å². The Morgan fingerprint density at radius 1 is 0.792 bits per heavy atom. The van der Waals surface area contributed by atoms with Crippen LogP contribution in [0.1, 0.15) is 0 Å². The Morgan fingerprint density at radius 2 is 1.75 bits per heavy atom. The van der Waals surface area contributed by atoms with Crippen molar-refractivity contribution in [3.63, 3.8) is 0 Å². The van der Waals surface area contributed by atoms with Crippen LogP contribution >= 0.6 is 11.3 Å². The highest BCUT2D eigenvalue weighted by atomic mass is 32.1. The first-order valence-corrected chi connectivity index (χ1v) is 8.65. The van der Waals surface area contributed by atoms with E-state index >= 15 is 0 Å². The molecule has 112 valence electrons. The third kappa shape index (κ3) is 1.46. The lowest BCUT2D eigenvalue weighted by Gasteiger charge is -2.08. The number of aromatic nitrogens is 3. The van der Waals surface area contributed by atoms with Gasteiger partial charge in [0.1, 0.15) is 5.65 Å². The molecule has 4 heterocycles. The number of hydrogen-bond donors (Lipinski definition) is 0. The molecule has 0 aliphatic heterocycles. The summed E-state index contributed by atoms with van der Waals surface area (Å²) in [4.78, 5) is 8.85. The van der Waals surface area contributed by atoms with Gasteiger partial charge in [-0.2, -0.15) is 0 Å². The van der Waals surface area contributed by atoms with Crippen LogP contribution in [0, 0.1) is 0 Å². The van der Waals surface area contributed by atoms with E-state index in [1.54, 1.807) is 0 Å². The summed E-state index contributed by atoms with van der Waals surface area (Å²) >= 11 is 1.85. The van der Waals surface area contributed by atoms with Crippen molar-refractivity contribution in [2.45, 2.75) is 0 Å². The molecule has 0 aliphatic carbocycles. The number of nitrogens with zero attached hydrogens (tertiary/aromatic N) is 3. The summed E-state index contributed by atoms with van der Waals surface area (Å²) in [6.07, 6.45) is 7.66. The molecule has 0 bridgehead atoms. The minimum atomic E-state index is 0.962. The van der Waals surface area contributed by atoms with Gasteiger partial charge in [0.25, 0.3) is 0 Å². The number of rotatable bonds is 0. The van der Waals surface area contributed by atoms with Crippen LogP contribution in [0.3, 0.4) is 0 Å². The number of hydrogen-bond acceptors (Lipinski definition) is 3. The quantitative estimate of drug-likeness (QED) is 0.350. The fourth-order valence-electron chi connectivity index (χ4n) is 3.68. The zero-order chi connectivity index (χ0) is 15.7. The predicted octanol–water partition coefficient (Wildman–Crippen LogP) is 5.40. The molecule has 0 spiro atoms. The highest BCUT2D eigenvalue weighted by Gasteiger charge is 2.12. The lowest BCUT2D eigenvalue weighted by atomic mass is 10.1. The number of imidazole rings is 1. The van der Waals surface area contributed by atoms with Crippen molar-refractivity contribution in [3.8, 4) is 0 Å². The Bertz CT molecular complexity index is 1410. The van der Waals surface area contributed by atoms with Crippen LogP contribution in [-0.4, -0.2) is 14.4 Å². The summed E-state index contributed by atoms with van der Waals surface area (Å²) in [5.41, 5.74) is 2.15. The van der Waals surface area contributed by atoms with Crippen LogP contribution < -0.4 is 0 Å². The van der Waals surface area contributed by atoms with Crippen molar-refractivity contribution in [1.82, 2.24) is 14.4 Å². The van der Waals surface area contributed by atoms with Crippen molar-refractivity contribution in [2.24, 2.45) is 0 Å². The first-order chi connectivity index (χ1) is 11.9. The zero-order valence-electron chi connectivity index (χ0n) is 12.6. The molecule has 4 aromatic heterocycles. The number of thiophene rings is 1. The van der Waals surface area contributed by atoms with Gasteiger partial charge in [0.05, 0.1) is 5.52 Å². The lowest BCUT2D eigenvalue weighted by Crippen LogP contribution is -1.90. The highest BCUT2D eigenvalue weighted by molar-refractivity contribution is 7.25. The van der Waals surface area contributed by atoms with E-state index in [0.717, 1.165) is 11.0 Å². The van der Waals surface area contributed by atoms with Gasteiger partial charge in [-0.05, 0) is 29.7 Å². The fraction of sp³-hybridized carbons (Fsp3) is 0. The standard InChI is InChI=1S/C20H11N3S/c1-2-4-18-13(3-1)15-9-17-14(10-19(15)24-18)12-5-6-21-11-16(12)20-22-7-8-23(17)20/h1-11H. The van der Waals surface area contributed by atoms with Crippen LogP contribution in [-0.2, 0) is 0 Å². The Labute approximate surface area is 140 Å². The summed E-state index contributed by atoms with van der Waals surface area (Å²) < 4.78 is 4.82. The van der Waals surface area contributed by atoms with Gasteiger partial charge in [0.15, 0.2) is 0 Å². The van der Waals surface area contributed by atoms with Crippen LogP contribution in [0.4, 0.5) is 0 Å². The second-order valence-corrected chi connectivity index (χ2v) is 7.09. The maximum atomic E-state index is 4.55. The summed E-state index contributed by atoms with van der Waals surface area (Å²) in [5, 5.41) is 6.18. The van der Waals surface area contributed by atoms with E-state index in [2.05, 4.69) is 56.8 Å². The average Bonchev–Trinajstić information content (AvgIpc) is 3.25.